The number of nitrogens with zero attached hydrogens (tertiary/aromatic N) is 2. The van der Waals surface area contributed by atoms with E-state index in [2.05, 4.69) is 34.0 Å². The number of aromatic amines is 1. The summed E-state index contributed by atoms with van der Waals surface area (Å²) in [5, 5.41) is 1.44. The molecule has 0 aliphatic carbocycles. The van der Waals surface area contributed by atoms with Crippen molar-refractivity contribution < 1.29 is 0 Å². The van der Waals surface area contributed by atoms with Crippen molar-refractivity contribution in [1.82, 2.24) is 15.0 Å². The van der Waals surface area contributed by atoms with E-state index in [1.54, 1.807) is 6.20 Å². The smallest absolute Gasteiger partial charge is 0.222 e. The summed E-state index contributed by atoms with van der Waals surface area (Å²) >= 11 is 5.88. The van der Waals surface area contributed by atoms with E-state index in [-0.39, 0.29) is 5.28 Å². The maximum Gasteiger partial charge on any atom is 0.222 e. The Morgan fingerprint density at radius 1 is 1.17 bits per heavy atom. The molecule has 0 bridgehead atoms. The lowest BCUT2D eigenvalue weighted by molar-refractivity contribution is 1.14. The van der Waals surface area contributed by atoms with Gasteiger partial charge in [-0.25, -0.2) is 9.97 Å². The molecule has 0 aliphatic heterocycles. The number of aromatic nitrogens is 3. The minimum absolute atomic E-state index is 0.276. The molecule has 4 heteroatoms. The molecule has 3 aromatic rings. The molecule has 0 radical (unpaired) electrons. The van der Waals surface area contributed by atoms with Crippen molar-refractivity contribution in [2.45, 2.75) is 13.8 Å². The van der Waals surface area contributed by atoms with Gasteiger partial charge < -0.3 is 4.98 Å². The highest BCUT2D eigenvalue weighted by molar-refractivity contribution is 6.28. The molecule has 0 atom stereocenters. The predicted molar refractivity (Wildman–Crippen MR) is 73.8 cm³/mol. The summed E-state index contributed by atoms with van der Waals surface area (Å²) < 4.78 is 0. The van der Waals surface area contributed by atoms with E-state index in [4.69, 9.17) is 11.6 Å². The number of benzene rings is 1. The predicted octanol–water partition coefficient (Wildman–Crippen LogP) is 3.90. The SMILES string of the molecule is Cc1cnc(Cl)nc1-c1c[nH]c2c(C)cccc12. The molecular weight excluding hydrogens is 246 g/mol. The number of H-pyrrole nitrogens is 1. The fraction of sp³-hybridized carbons (Fsp3) is 0.143. The van der Waals surface area contributed by atoms with Crippen LogP contribution in [0.4, 0.5) is 0 Å². The number of hydrogen-bond donors (Lipinski definition) is 1. The van der Waals surface area contributed by atoms with E-state index in [1.807, 2.05) is 19.2 Å². The molecule has 3 rings (SSSR count). The number of halogens is 1. The van der Waals surface area contributed by atoms with Crippen LogP contribution in [0.1, 0.15) is 11.1 Å². The number of fused-ring (bicyclic) bond motifs is 1. The molecule has 2 heterocycles. The maximum absolute atomic E-state index is 5.88. The van der Waals surface area contributed by atoms with Crippen molar-refractivity contribution >= 4 is 22.5 Å². The van der Waals surface area contributed by atoms with E-state index in [1.165, 1.54) is 5.56 Å². The van der Waals surface area contributed by atoms with Gasteiger partial charge in [-0.3, -0.25) is 0 Å². The van der Waals surface area contributed by atoms with Crippen LogP contribution < -0.4 is 0 Å². The number of para-hydroxylation sites is 1. The van der Waals surface area contributed by atoms with Crippen molar-refractivity contribution in [3.05, 3.63) is 47.0 Å². The van der Waals surface area contributed by atoms with Crippen LogP contribution in [0.25, 0.3) is 22.2 Å². The van der Waals surface area contributed by atoms with E-state index < -0.39 is 0 Å². The van der Waals surface area contributed by atoms with Crippen LogP contribution in [0.15, 0.2) is 30.6 Å². The minimum atomic E-state index is 0.276. The Morgan fingerprint density at radius 2 is 2.00 bits per heavy atom. The summed E-state index contributed by atoms with van der Waals surface area (Å²) in [6.45, 7) is 4.07. The van der Waals surface area contributed by atoms with Gasteiger partial charge in [-0.05, 0) is 36.6 Å². The molecular formula is C14H12ClN3. The average Bonchev–Trinajstić information content (AvgIpc) is 2.77. The molecule has 2 aromatic heterocycles. The Labute approximate surface area is 110 Å². The van der Waals surface area contributed by atoms with E-state index in [0.29, 0.717) is 0 Å². The summed E-state index contributed by atoms with van der Waals surface area (Å²) in [4.78, 5) is 11.6. The Hall–Kier alpha value is -1.87. The lowest BCUT2D eigenvalue weighted by atomic mass is 10.1. The van der Waals surface area contributed by atoms with Gasteiger partial charge in [0.25, 0.3) is 0 Å². The zero-order chi connectivity index (χ0) is 12.7. The fourth-order valence-corrected chi connectivity index (χ4v) is 2.33. The monoisotopic (exact) mass is 257 g/mol. The van der Waals surface area contributed by atoms with Crippen molar-refractivity contribution in [1.29, 1.82) is 0 Å². The van der Waals surface area contributed by atoms with Gasteiger partial charge in [0.2, 0.25) is 5.28 Å². The number of nitrogens with one attached hydrogen (secondary N) is 1. The molecule has 0 spiro atoms. The van der Waals surface area contributed by atoms with Gasteiger partial charge >= 0.3 is 0 Å². The largest absolute Gasteiger partial charge is 0.360 e. The van der Waals surface area contributed by atoms with Crippen LogP contribution in [0.5, 0.6) is 0 Å². The maximum atomic E-state index is 5.88. The summed E-state index contributed by atoms with van der Waals surface area (Å²) in [5.74, 6) is 0. The topological polar surface area (TPSA) is 41.6 Å². The third-order valence-electron chi connectivity index (χ3n) is 3.12. The highest BCUT2D eigenvalue weighted by Gasteiger charge is 2.11. The average molecular weight is 258 g/mol. The zero-order valence-corrected chi connectivity index (χ0v) is 10.9. The van der Waals surface area contributed by atoms with Crippen LogP contribution >= 0.6 is 11.6 Å². The van der Waals surface area contributed by atoms with E-state index in [0.717, 1.165) is 27.7 Å². The van der Waals surface area contributed by atoms with Gasteiger partial charge in [0, 0.05) is 28.9 Å². The van der Waals surface area contributed by atoms with Crippen LogP contribution in [-0.4, -0.2) is 15.0 Å². The van der Waals surface area contributed by atoms with E-state index in [9.17, 15) is 0 Å². The summed E-state index contributed by atoms with van der Waals surface area (Å²) in [6.07, 6.45) is 3.72. The first kappa shape index (κ1) is 11.2. The number of hydrogen-bond acceptors (Lipinski definition) is 2. The van der Waals surface area contributed by atoms with Crippen molar-refractivity contribution in [2.75, 3.05) is 0 Å². The lowest BCUT2D eigenvalue weighted by Gasteiger charge is -2.03. The third kappa shape index (κ3) is 1.68. The van der Waals surface area contributed by atoms with E-state index >= 15 is 0 Å². The standard InChI is InChI=1S/C14H12ClN3/c1-8-4-3-5-10-11(7-16-12(8)10)13-9(2)6-17-14(15)18-13/h3-7,16H,1-2H3. The first-order valence-electron chi connectivity index (χ1n) is 5.73. The van der Waals surface area contributed by atoms with Crippen LogP contribution in [0.2, 0.25) is 5.28 Å². The Kier molecular flexibility index (Phi) is 2.56. The zero-order valence-electron chi connectivity index (χ0n) is 10.2. The molecule has 18 heavy (non-hydrogen) atoms. The molecule has 0 unspecified atom stereocenters. The molecule has 3 nitrogen and oxygen atoms in total. The van der Waals surface area contributed by atoms with Gasteiger partial charge in [0.05, 0.1) is 5.69 Å². The van der Waals surface area contributed by atoms with Gasteiger partial charge in [-0.1, -0.05) is 18.2 Å². The Bertz CT molecular complexity index is 731. The Balaban J connectivity index is 2.32. The second-order valence-electron chi connectivity index (χ2n) is 4.37. The van der Waals surface area contributed by atoms with Crippen molar-refractivity contribution in [3.8, 4) is 11.3 Å². The van der Waals surface area contributed by atoms with Crippen LogP contribution in [-0.2, 0) is 0 Å². The number of rotatable bonds is 1. The molecule has 0 fully saturated rings. The summed E-state index contributed by atoms with van der Waals surface area (Å²) in [5.41, 5.74) is 5.32. The fourth-order valence-electron chi connectivity index (χ4n) is 2.19. The first-order valence-corrected chi connectivity index (χ1v) is 6.11. The van der Waals surface area contributed by atoms with Gasteiger partial charge in [0.15, 0.2) is 0 Å². The minimum Gasteiger partial charge on any atom is -0.360 e. The van der Waals surface area contributed by atoms with Crippen LogP contribution in [0, 0.1) is 13.8 Å². The molecule has 0 saturated heterocycles. The summed E-state index contributed by atoms with van der Waals surface area (Å²) in [7, 11) is 0. The lowest BCUT2D eigenvalue weighted by Crippen LogP contribution is -1.90. The van der Waals surface area contributed by atoms with Crippen molar-refractivity contribution in [3.63, 3.8) is 0 Å². The molecule has 90 valence electrons. The van der Waals surface area contributed by atoms with Crippen molar-refractivity contribution in [2.24, 2.45) is 0 Å². The third-order valence-corrected chi connectivity index (χ3v) is 3.30. The second kappa shape index (κ2) is 4.10. The normalized spacial score (nSPS) is 11.1. The van der Waals surface area contributed by atoms with Gasteiger partial charge in [-0.15, -0.1) is 0 Å². The van der Waals surface area contributed by atoms with Gasteiger partial charge in [0.1, 0.15) is 0 Å². The molecule has 1 aromatic carbocycles. The molecule has 0 aliphatic rings. The quantitative estimate of drug-likeness (QED) is 0.672. The number of aryl methyl sites for hydroxylation is 2. The first-order chi connectivity index (χ1) is 8.66. The molecule has 0 amide bonds. The summed E-state index contributed by atoms with van der Waals surface area (Å²) in [6, 6.07) is 6.22. The highest BCUT2D eigenvalue weighted by Crippen LogP contribution is 2.30. The highest BCUT2D eigenvalue weighted by atomic mass is 35.5. The van der Waals surface area contributed by atoms with Gasteiger partial charge in [-0.2, -0.15) is 0 Å². The molecule has 0 saturated carbocycles. The van der Waals surface area contributed by atoms with Crippen LogP contribution in [0.3, 0.4) is 0 Å². The Morgan fingerprint density at radius 3 is 2.83 bits per heavy atom. The molecule has 1 N–H and O–H groups in total. The second-order valence-corrected chi connectivity index (χ2v) is 4.71.